The van der Waals surface area contributed by atoms with E-state index >= 15 is 0 Å². The number of piperazine rings is 1. The molecule has 0 radical (unpaired) electrons. The maximum Gasteiger partial charge on any atom is 0.341 e. The molecule has 19 heteroatoms. The molecule has 1 aliphatic heterocycles. The van der Waals surface area contributed by atoms with Crippen LogP contribution in [0.4, 0.5) is 5.69 Å². The number of methoxy groups -OCH3 is 1. The van der Waals surface area contributed by atoms with Gasteiger partial charge in [-0.15, -0.1) is 4.91 Å². The van der Waals surface area contributed by atoms with Crippen LogP contribution in [0, 0.1) is 4.91 Å². The highest BCUT2D eigenvalue weighted by Crippen LogP contribution is 2.44. The van der Waals surface area contributed by atoms with Gasteiger partial charge in [0.05, 0.1) is 40.6 Å². The van der Waals surface area contributed by atoms with Gasteiger partial charge in [0.1, 0.15) is 41.6 Å². The number of aromatic hydroxyl groups is 1. The quantitative estimate of drug-likeness (QED) is 0.0872. The molecule has 2 heterocycles. The number of aliphatic carboxylic acids is 2. The lowest BCUT2D eigenvalue weighted by Crippen LogP contribution is -2.63. The second-order valence-corrected chi connectivity index (χ2v) is 14.1. The van der Waals surface area contributed by atoms with Crippen molar-refractivity contribution in [3.05, 3.63) is 92.2 Å². The number of rotatable bonds is 10. The Kier molecular flexibility index (Phi) is 9.69. The van der Waals surface area contributed by atoms with Gasteiger partial charge in [-0.2, -0.15) is 0 Å². The Morgan fingerprint density at radius 3 is 2.15 bits per heavy atom. The van der Waals surface area contributed by atoms with Gasteiger partial charge in [-0.3, -0.25) is 33.6 Å². The van der Waals surface area contributed by atoms with Gasteiger partial charge in [0.15, 0.2) is 12.0 Å². The number of hydrogen-bond acceptors (Lipinski definition) is 14. The van der Waals surface area contributed by atoms with E-state index < -0.39 is 138 Å². The number of carbonyl (C=O) groups excluding carboxylic acids is 2. The second kappa shape index (κ2) is 14.4. The number of amides is 2. The molecule has 5 aromatic carbocycles. The lowest BCUT2D eigenvalue weighted by molar-refractivity contribution is -0.151. The highest BCUT2D eigenvalue weighted by atomic mass is 16.5. The van der Waals surface area contributed by atoms with Crippen molar-refractivity contribution in [2.24, 2.45) is 5.18 Å². The molecule has 0 spiro atoms. The molecule has 59 heavy (non-hydrogen) atoms. The number of fused-ring (bicyclic) bond motifs is 6. The fraction of sp³-hybridized carbons (Fsp3) is 0.275. The van der Waals surface area contributed by atoms with E-state index in [1.165, 1.54) is 25.1 Å². The minimum atomic E-state index is -1.43. The summed E-state index contributed by atoms with van der Waals surface area (Å²) in [6.45, 7) is 2.74. The molecule has 2 amide bonds. The summed E-state index contributed by atoms with van der Waals surface area (Å²) in [5.74, 6) is -6.38. The van der Waals surface area contributed by atoms with E-state index in [2.05, 4.69) is 10.5 Å². The smallest absolute Gasteiger partial charge is 0.341 e. The number of pyridine rings is 1. The standard InChI is InChI=1S/C40H32N4O15/c1-5-14(2)20-10-18-27(39(54)44(20)12-23(46)43-11-19(40(55)56)41-38(53)15(43)3)34(50)26-16(33(18)49)6-7-17-25(26)32(42-57)30-31(37(17)58-4)36(52)29-22(59-13-24(47)48)9-8-21(45)28(29)35(30)51/h6-10,14-15,19,45H,5,11-13H2,1-4H3,(H,41,53)(H,47,48)(H,55,56). The van der Waals surface area contributed by atoms with Crippen LogP contribution >= 0.6 is 0 Å². The fourth-order valence-corrected chi connectivity index (χ4v) is 7.87. The molecule has 1 fully saturated rings. The van der Waals surface area contributed by atoms with Gasteiger partial charge in [-0.05, 0) is 54.8 Å². The van der Waals surface area contributed by atoms with Gasteiger partial charge >= 0.3 is 11.9 Å². The summed E-state index contributed by atoms with van der Waals surface area (Å²) in [6.07, 6.45) is 0.400. The number of nitrogens with one attached hydrogen (secondary N) is 1. The van der Waals surface area contributed by atoms with Gasteiger partial charge in [-0.25, -0.2) is 9.59 Å². The maximum atomic E-state index is 14.8. The zero-order valence-electron chi connectivity index (χ0n) is 31.5. The number of phenols is 1. The van der Waals surface area contributed by atoms with Crippen molar-refractivity contribution in [3.8, 4) is 17.2 Å². The second-order valence-electron chi connectivity index (χ2n) is 14.1. The average molecular weight is 809 g/mol. The summed E-state index contributed by atoms with van der Waals surface area (Å²) in [4.78, 5) is 136. The molecule has 1 aliphatic rings. The normalized spacial score (nSPS) is 16.1. The predicted octanol–water partition coefficient (Wildman–Crippen LogP) is 1.82. The Morgan fingerprint density at radius 2 is 1.53 bits per heavy atom. The minimum absolute atomic E-state index is 0.168. The van der Waals surface area contributed by atoms with Gasteiger partial charge in [0, 0.05) is 32.6 Å². The molecular weight excluding hydrogens is 776 g/mol. The third-order valence-corrected chi connectivity index (χ3v) is 10.9. The van der Waals surface area contributed by atoms with Crippen LogP contribution in [0.2, 0.25) is 0 Å². The lowest BCUT2D eigenvalue weighted by atomic mass is 9.90. The Hall–Kier alpha value is -7.57. The van der Waals surface area contributed by atoms with Crippen molar-refractivity contribution < 1.29 is 44.0 Å². The van der Waals surface area contributed by atoms with Crippen molar-refractivity contribution in [2.75, 3.05) is 20.3 Å². The molecule has 3 unspecified atom stereocenters. The summed E-state index contributed by atoms with van der Waals surface area (Å²) in [5.41, 5.74) is -5.90. The fourth-order valence-electron chi connectivity index (χ4n) is 7.87. The number of hydrogen-bond donors (Lipinski definition) is 4. The first-order valence-corrected chi connectivity index (χ1v) is 18.0. The van der Waals surface area contributed by atoms with Crippen LogP contribution < -0.4 is 42.1 Å². The Bertz CT molecular complexity index is 3200. The minimum Gasteiger partial charge on any atom is -0.507 e. The molecule has 3 atom stereocenters. The Labute approximate surface area is 328 Å². The topological polar surface area (TPSA) is 282 Å². The van der Waals surface area contributed by atoms with Gasteiger partial charge < -0.3 is 39.6 Å². The summed E-state index contributed by atoms with van der Waals surface area (Å²) < 4.78 is 11.8. The Morgan fingerprint density at radius 1 is 0.864 bits per heavy atom. The van der Waals surface area contributed by atoms with Crippen molar-refractivity contribution in [1.82, 2.24) is 14.8 Å². The third-order valence-electron chi connectivity index (χ3n) is 10.9. The molecule has 1 saturated heterocycles. The van der Waals surface area contributed by atoms with Crippen LogP contribution in [0.15, 0.2) is 59.5 Å². The molecule has 302 valence electrons. The molecule has 0 saturated carbocycles. The first kappa shape index (κ1) is 39.7. The number of carboxylic acids is 2. The van der Waals surface area contributed by atoms with Gasteiger partial charge in [0.2, 0.25) is 28.1 Å². The predicted molar refractivity (Wildman–Crippen MR) is 212 cm³/mol. The monoisotopic (exact) mass is 808 g/mol. The number of carbonyl (C=O) groups is 4. The summed E-state index contributed by atoms with van der Waals surface area (Å²) in [5, 5.41) is 29.9. The van der Waals surface area contributed by atoms with Crippen LogP contribution in [-0.4, -0.2) is 80.9 Å². The first-order chi connectivity index (χ1) is 28.0. The van der Waals surface area contributed by atoms with E-state index in [1.807, 2.05) is 0 Å². The first-order valence-electron chi connectivity index (χ1n) is 18.0. The van der Waals surface area contributed by atoms with E-state index in [4.69, 9.17) is 9.47 Å². The van der Waals surface area contributed by atoms with E-state index in [9.17, 15) is 63.4 Å². The molecule has 6 aromatic rings. The van der Waals surface area contributed by atoms with Gasteiger partial charge in [0.25, 0.3) is 5.56 Å². The SMILES string of the molecule is CCC(C)c1cc2c(=O)c3ccc4c(OC)c5c(=O)c6c(OCC(=O)O)ccc(O)c6c(=O)c5c(N=O)c4c3c(=O)c2c(=O)n1CC(=O)N1CC(C(=O)O)NC(=O)C1C. The number of nitroso groups, excluding NO2 is 1. The maximum absolute atomic E-state index is 14.8. The third kappa shape index (κ3) is 5.91. The average Bonchev–Trinajstić information content (AvgIpc) is 3.20. The number of aromatic nitrogens is 1. The highest BCUT2D eigenvalue weighted by Gasteiger charge is 2.38. The van der Waals surface area contributed by atoms with Crippen molar-refractivity contribution in [1.29, 1.82) is 0 Å². The van der Waals surface area contributed by atoms with Crippen molar-refractivity contribution in [3.63, 3.8) is 0 Å². The summed E-state index contributed by atoms with van der Waals surface area (Å²) >= 11 is 0. The van der Waals surface area contributed by atoms with E-state index in [1.54, 1.807) is 13.8 Å². The van der Waals surface area contributed by atoms with Crippen LogP contribution in [0.25, 0.3) is 53.9 Å². The number of phenolic OH excluding ortho intramolecular Hbond substituents is 1. The van der Waals surface area contributed by atoms with Crippen molar-refractivity contribution in [2.45, 2.75) is 51.7 Å². The zero-order chi connectivity index (χ0) is 42.9. The molecule has 0 bridgehead atoms. The highest BCUT2D eigenvalue weighted by molar-refractivity contribution is 6.26. The molecule has 4 N–H and O–H groups in total. The van der Waals surface area contributed by atoms with E-state index in [0.29, 0.717) is 6.42 Å². The molecule has 1 aromatic heterocycles. The van der Waals surface area contributed by atoms with Gasteiger partial charge in [-0.1, -0.05) is 13.8 Å². The largest absolute Gasteiger partial charge is 0.507 e. The van der Waals surface area contributed by atoms with E-state index in [0.717, 1.165) is 28.7 Å². The number of benzene rings is 5. The van der Waals surface area contributed by atoms with Crippen LogP contribution in [0.1, 0.15) is 38.8 Å². The van der Waals surface area contributed by atoms with E-state index in [-0.39, 0.29) is 33.4 Å². The molecule has 19 nitrogen and oxygen atoms in total. The Balaban J connectivity index is 1.59. The van der Waals surface area contributed by atoms with Crippen LogP contribution in [0.5, 0.6) is 17.2 Å². The summed E-state index contributed by atoms with van der Waals surface area (Å²) in [6, 6.07) is 3.25. The number of ether oxygens (including phenoxy) is 2. The summed E-state index contributed by atoms with van der Waals surface area (Å²) in [7, 11) is 1.11. The number of nitrogens with zero attached hydrogens (tertiary/aromatic N) is 3. The molecular formula is C40H32N4O15. The number of carboxylic acid groups (broad SMARTS) is 2. The lowest BCUT2D eigenvalue weighted by Gasteiger charge is -2.36. The zero-order valence-corrected chi connectivity index (χ0v) is 31.5. The molecule has 0 aliphatic carbocycles. The van der Waals surface area contributed by atoms with Crippen LogP contribution in [0.3, 0.4) is 0 Å². The van der Waals surface area contributed by atoms with Crippen LogP contribution in [-0.2, 0) is 25.7 Å². The molecule has 7 rings (SSSR count). The van der Waals surface area contributed by atoms with Crippen molar-refractivity contribution >= 4 is 83.3 Å².